The Balaban J connectivity index is 1.95. The molecule has 1 saturated heterocycles. The van der Waals surface area contributed by atoms with Crippen LogP contribution in [0.15, 0.2) is 17.5 Å². The van der Waals surface area contributed by atoms with Crippen molar-refractivity contribution < 1.29 is 4.74 Å². The van der Waals surface area contributed by atoms with Crippen molar-refractivity contribution >= 4 is 17.4 Å². The van der Waals surface area contributed by atoms with Crippen LogP contribution in [0.3, 0.4) is 0 Å². The molecule has 0 amide bonds. The van der Waals surface area contributed by atoms with Crippen LogP contribution in [0, 0.1) is 6.92 Å². The van der Waals surface area contributed by atoms with Gasteiger partial charge in [-0.05, 0) is 30.0 Å². The summed E-state index contributed by atoms with van der Waals surface area (Å²) < 4.78 is 5.37. The first-order valence-electron chi connectivity index (χ1n) is 4.90. The standard InChI is InChI=1S/C11H15NOS/c1-9-4-7-14-11(9)3-2-10-8-13-6-5-12-10/h2-4,7,10,12H,5-6,8H2,1H3/b3-2+. The fraction of sp³-hybridized carbons (Fsp3) is 0.455. The first kappa shape index (κ1) is 9.90. The van der Waals surface area contributed by atoms with E-state index in [-0.39, 0.29) is 0 Å². The average molecular weight is 209 g/mol. The molecule has 0 spiro atoms. The van der Waals surface area contributed by atoms with Crippen molar-refractivity contribution in [1.82, 2.24) is 5.32 Å². The molecule has 1 aromatic rings. The van der Waals surface area contributed by atoms with Crippen LogP contribution in [-0.4, -0.2) is 25.8 Å². The van der Waals surface area contributed by atoms with Gasteiger partial charge >= 0.3 is 0 Å². The molecule has 2 rings (SSSR count). The summed E-state index contributed by atoms with van der Waals surface area (Å²) in [5.74, 6) is 0. The van der Waals surface area contributed by atoms with E-state index in [9.17, 15) is 0 Å². The minimum absolute atomic E-state index is 0.380. The summed E-state index contributed by atoms with van der Waals surface area (Å²) >= 11 is 1.78. The third-order valence-electron chi connectivity index (χ3n) is 2.33. The lowest BCUT2D eigenvalue weighted by molar-refractivity contribution is 0.0903. The lowest BCUT2D eigenvalue weighted by Crippen LogP contribution is -2.39. The Labute approximate surface area is 88.6 Å². The van der Waals surface area contributed by atoms with E-state index >= 15 is 0 Å². The zero-order chi connectivity index (χ0) is 9.80. The Morgan fingerprint density at radius 1 is 1.64 bits per heavy atom. The molecule has 1 atom stereocenters. The second kappa shape index (κ2) is 4.73. The van der Waals surface area contributed by atoms with Crippen molar-refractivity contribution in [3.05, 3.63) is 28.0 Å². The minimum Gasteiger partial charge on any atom is -0.378 e. The fourth-order valence-electron chi connectivity index (χ4n) is 1.47. The lowest BCUT2D eigenvalue weighted by Gasteiger charge is -2.20. The molecule has 0 saturated carbocycles. The molecule has 14 heavy (non-hydrogen) atoms. The van der Waals surface area contributed by atoms with Crippen LogP contribution in [0.2, 0.25) is 0 Å². The van der Waals surface area contributed by atoms with Gasteiger partial charge in [0.1, 0.15) is 0 Å². The van der Waals surface area contributed by atoms with Crippen LogP contribution < -0.4 is 5.32 Å². The topological polar surface area (TPSA) is 21.3 Å². The van der Waals surface area contributed by atoms with Crippen molar-refractivity contribution in [3.8, 4) is 0 Å². The monoisotopic (exact) mass is 209 g/mol. The van der Waals surface area contributed by atoms with Crippen molar-refractivity contribution in [2.24, 2.45) is 0 Å². The van der Waals surface area contributed by atoms with E-state index in [0.29, 0.717) is 6.04 Å². The van der Waals surface area contributed by atoms with Crippen LogP contribution in [0.5, 0.6) is 0 Å². The summed E-state index contributed by atoms with van der Waals surface area (Å²) in [7, 11) is 0. The highest BCUT2D eigenvalue weighted by Gasteiger charge is 2.08. The van der Waals surface area contributed by atoms with E-state index < -0.39 is 0 Å². The van der Waals surface area contributed by atoms with E-state index in [0.717, 1.165) is 19.8 Å². The number of rotatable bonds is 2. The van der Waals surface area contributed by atoms with Gasteiger partial charge in [0.05, 0.1) is 13.2 Å². The van der Waals surface area contributed by atoms with E-state index in [2.05, 4.69) is 35.8 Å². The summed E-state index contributed by atoms with van der Waals surface area (Å²) in [5.41, 5.74) is 1.35. The first-order valence-corrected chi connectivity index (χ1v) is 5.77. The molecule has 1 N–H and O–H groups in total. The van der Waals surface area contributed by atoms with Crippen LogP contribution in [0.4, 0.5) is 0 Å². The molecular formula is C11H15NOS. The quantitative estimate of drug-likeness (QED) is 0.805. The van der Waals surface area contributed by atoms with Gasteiger partial charge in [-0.15, -0.1) is 11.3 Å². The molecule has 1 aromatic heterocycles. The molecule has 1 aliphatic heterocycles. The fourth-order valence-corrected chi connectivity index (χ4v) is 2.30. The highest BCUT2D eigenvalue weighted by atomic mass is 32.1. The maximum absolute atomic E-state index is 5.37. The SMILES string of the molecule is Cc1ccsc1/C=C/C1COCCN1. The van der Waals surface area contributed by atoms with E-state index in [4.69, 9.17) is 4.74 Å². The van der Waals surface area contributed by atoms with Gasteiger partial charge < -0.3 is 10.1 Å². The van der Waals surface area contributed by atoms with Crippen molar-refractivity contribution in [2.75, 3.05) is 19.8 Å². The number of ether oxygens (including phenoxy) is 1. The number of aryl methyl sites for hydroxylation is 1. The molecule has 2 heterocycles. The van der Waals surface area contributed by atoms with E-state index in [1.54, 1.807) is 11.3 Å². The smallest absolute Gasteiger partial charge is 0.0656 e. The maximum Gasteiger partial charge on any atom is 0.0656 e. The zero-order valence-corrected chi connectivity index (χ0v) is 9.14. The molecule has 1 unspecified atom stereocenters. The second-order valence-electron chi connectivity index (χ2n) is 3.46. The molecule has 76 valence electrons. The molecule has 0 bridgehead atoms. The Kier molecular flexibility index (Phi) is 3.35. The third-order valence-corrected chi connectivity index (χ3v) is 3.32. The normalized spacial score (nSPS) is 23.1. The maximum atomic E-state index is 5.37. The van der Waals surface area contributed by atoms with E-state index in [1.165, 1.54) is 10.4 Å². The number of hydrogen-bond donors (Lipinski definition) is 1. The highest BCUT2D eigenvalue weighted by molar-refractivity contribution is 7.11. The highest BCUT2D eigenvalue weighted by Crippen LogP contribution is 2.17. The van der Waals surface area contributed by atoms with Crippen LogP contribution in [0.1, 0.15) is 10.4 Å². The molecular weight excluding hydrogens is 194 g/mol. The van der Waals surface area contributed by atoms with Crippen LogP contribution in [0.25, 0.3) is 6.08 Å². The van der Waals surface area contributed by atoms with Gasteiger partial charge in [-0.1, -0.05) is 6.08 Å². The van der Waals surface area contributed by atoms with Gasteiger partial charge in [-0.25, -0.2) is 0 Å². The second-order valence-corrected chi connectivity index (χ2v) is 4.41. The van der Waals surface area contributed by atoms with Crippen molar-refractivity contribution in [2.45, 2.75) is 13.0 Å². The number of morpholine rings is 1. The number of hydrogen-bond acceptors (Lipinski definition) is 3. The minimum atomic E-state index is 0.380. The Bertz CT molecular complexity index is 313. The van der Waals surface area contributed by atoms with Gasteiger partial charge in [0.2, 0.25) is 0 Å². The molecule has 1 aliphatic rings. The lowest BCUT2D eigenvalue weighted by atomic mass is 10.2. The van der Waals surface area contributed by atoms with Gasteiger partial charge in [-0.3, -0.25) is 0 Å². The van der Waals surface area contributed by atoms with Crippen LogP contribution in [-0.2, 0) is 4.74 Å². The predicted octanol–water partition coefficient (Wildman–Crippen LogP) is 2.06. The summed E-state index contributed by atoms with van der Waals surface area (Å²) in [6.07, 6.45) is 4.38. The molecule has 2 nitrogen and oxygen atoms in total. The average Bonchev–Trinajstić information content (AvgIpc) is 2.63. The van der Waals surface area contributed by atoms with Crippen LogP contribution >= 0.6 is 11.3 Å². The summed E-state index contributed by atoms with van der Waals surface area (Å²) in [6.45, 7) is 4.72. The van der Waals surface area contributed by atoms with Gasteiger partial charge in [0.25, 0.3) is 0 Å². The molecule has 0 aromatic carbocycles. The molecule has 3 heteroatoms. The van der Waals surface area contributed by atoms with Gasteiger partial charge in [0, 0.05) is 17.5 Å². The molecule has 0 radical (unpaired) electrons. The van der Waals surface area contributed by atoms with Crippen molar-refractivity contribution in [1.29, 1.82) is 0 Å². The Morgan fingerprint density at radius 2 is 2.57 bits per heavy atom. The Hall–Kier alpha value is -0.640. The molecule has 1 fully saturated rings. The van der Waals surface area contributed by atoms with E-state index in [1.807, 2.05) is 0 Å². The third kappa shape index (κ3) is 2.44. The number of nitrogens with one attached hydrogen (secondary N) is 1. The Morgan fingerprint density at radius 3 is 3.21 bits per heavy atom. The first-order chi connectivity index (χ1) is 6.86. The van der Waals surface area contributed by atoms with Gasteiger partial charge in [-0.2, -0.15) is 0 Å². The molecule has 0 aliphatic carbocycles. The summed E-state index contributed by atoms with van der Waals surface area (Å²) in [6, 6.07) is 2.53. The largest absolute Gasteiger partial charge is 0.378 e. The zero-order valence-electron chi connectivity index (χ0n) is 8.32. The van der Waals surface area contributed by atoms with Gasteiger partial charge in [0.15, 0.2) is 0 Å². The summed E-state index contributed by atoms with van der Waals surface area (Å²) in [4.78, 5) is 1.34. The van der Waals surface area contributed by atoms with Crippen molar-refractivity contribution in [3.63, 3.8) is 0 Å². The number of thiophene rings is 1. The summed E-state index contributed by atoms with van der Waals surface area (Å²) in [5, 5.41) is 5.52. The predicted molar refractivity (Wildman–Crippen MR) is 60.7 cm³/mol.